The Morgan fingerprint density at radius 1 is 1.08 bits per heavy atom. The molecule has 0 saturated carbocycles. The maximum atomic E-state index is 9.39. The Balaban J connectivity index is 1.65. The van der Waals surface area contributed by atoms with Crippen LogP contribution in [0.25, 0.3) is 22.4 Å². The molecule has 4 aromatic rings. The number of aromatic hydroxyl groups is 1. The molecule has 0 atom stereocenters. The smallest absolute Gasteiger partial charge is 0.226 e. The summed E-state index contributed by atoms with van der Waals surface area (Å²) >= 11 is 0. The van der Waals surface area contributed by atoms with Crippen LogP contribution in [0.2, 0.25) is 0 Å². The zero-order valence-corrected chi connectivity index (χ0v) is 13.7. The Morgan fingerprint density at radius 2 is 1.88 bits per heavy atom. The van der Waals surface area contributed by atoms with Crippen molar-refractivity contribution in [3.8, 4) is 17.2 Å². The van der Waals surface area contributed by atoms with Crippen LogP contribution in [0.4, 0.5) is 0 Å². The summed E-state index contributed by atoms with van der Waals surface area (Å²) in [5.41, 5.74) is 9.84. The summed E-state index contributed by atoms with van der Waals surface area (Å²) in [5, 5.41) is 10.6. The van der Waals surface area contributed by atoms with E-state index in [0.717, 1.165) is 17.7 Å². The highest BCUT2D eigenvalue weighted by Crippen LogP contribution is 2.24. The van der Waals surface area contributed by atoms with Gasteiger partial charge in [-0.05, 0) is 48.9 Å². The van der Waals surface area contributed by atoms with Crippen LogP contribution in [0.5, 0.6) is 5.75 Å². The quantitative estimate of drug-likeness (QED) is 0.585. The molecule has 2 heterocycles. The molecule has 5 heteroatoms. The molecule has 0 radical (unpaired) electrons. The van der Waals surface area contributed by atoms with Crippen molar-refractivity contribution in [3.05, 3.63) is 72.2 Å². The van der Waals surface area contributed by atoms with E-state index in [0.29, 0.717) is 19.0 Å². The van der Waals surface area contributed by atoms with Gasteiger partial charge in [0.2, 0.25) is 5.89 Å². The molecule has 2 aromatic heterocycles. The number of benzene rings is 2. The number of para-hydroxylation sites is 1. The first-order valence-electron chi connectivity index (χ1n) is 8.25. The number of rotatable bonds is 5. The lowest BCUT2D eigenvalue weighted by Gasteiger charge is -2.01. The molecule has 2 aromatic carbocycles. The Bertz CT molecular complexity index is 999. The van der Waals surface area contributed by atoms with Gasteiger partial charge in [-0.3, -0.25) is 0 Å². The molecule has 5 nitrogen and oxygen atoms in total. The Kier molecular flexibility index (Phi) is 3.99. The first-order chi connectivity index (χ1) is 12.2. The molecule has 0 spiro atoms. The molecule has 0 aliphatic carbocycles. The summed E-state index contributed by atoms with van der Waals surface area (Å²) in [6.45, 7) is 1.26. The average molecular weight is 333 g/mol. The van der Waals surface area contributed by atoms with E-state index in [2.05, 4.69) is 27.9 Å². The number of hydrogen-bond acceptors (Lipinski definition) is 4. The van der Waals surface area contributed by atoms with Crippen molar-refractivity contribution in [3.63, 3.8) is 0 Å². The third-order valence-electron chi connectivity index (χ3n) is 4.28. The molecular weight excluding hydrogens is 314 g/mol. The minimum atomic E-state index is 0.224. The highest BCUT2D eigenvalue weighted by Gasteiger charge is 2.11. The van der Waals surface area contributed by atoms with Crippen molar-refractivity contribution in [1.82, 2.24) is 9.55 Å². The van der Waals surface area contributed by atoms with Crippen LogP contribution in [-0.4, -0.2) is 21.2 Å². The van der Waals surface area contributed by atoms with E-state index < -0.39 is 0 Å². The fraction of sp³-hybridized carbons (Fsp3) is 0.150. The van der Waals surface area contributed by atoms with Gasteiger partial charge >= 0.3 is 0 Å². The number of oxazole rings is 1. The highest BCUT2D eigenvalue weighted by molar-refractivity contribution is 5.84. The van der Waals surface area contributed by atoms with Crippen LogP contribution in [0.3, 0.4) is 0 Å². The molecule has 0 unspecified atom stereocenters. The number of nitrogens with zero attached hydrogens (tertiary/aromatic N) is 2. The van der Waals surface area contributed by atoms with Crippen LogP contribution in [0.1, 0.15) is 11.3 Å². The lowest BCUT2D eigenvalue weighted by atomic mass is 10.1. The van der Waals surface area contributed by atoms with Crippen molar-refractivity contribution < 1.29 is 9.52 Å². The molecular formula is C20H19N3O2. The Hall–Kier alpha value is -3.05. The molecule has 0 aliphatic rings. The van der Waals surface area contributed by atoms with E-state index in [1.54, 1.807) is 30.5 Å². The molecule has 0 fully saturated rings. The monoisotopic (exact) mass is 333 g/mol. The molecule has 4 rings (SSSR count). The second-order valence-electron chi connectivity index (χ2n) is 6.03. The average Bonchev–Trinajstić information content (AvgIpc) is 3.22. The summed E-state index contributed by atoms with van der Waals surface area (Å²) < 4.78 is 7.78. The number of phenols is 1. The summed E-state index contributed by atoms with van der Waals surface area (Å²) in [5.74, 6) is 0.774. The fourth-order valence-electron chi connectivity index (χ4n) is 3.10. The zero-order chi connectivity index (χ0) is 17.2. The Morgan fingerprint density at radius 3 is 2.68 bits per heavy atom. The molecule has 0 amide bonds. The SMILES string of the molecule is NCCc1cn(Cc2coc(-c3ccc(O)cc3)n2)c2ccccc12. The molecule has 0 bridgehead atoms. The highest BCUT2D eigenvalue weighted by atomic mass is 16.3. The number of phenolic OH excluding ortho intramolecular Hbond substituents is 1. The first kappa shape index (κ1) is 15.5. The van der Waals surface area contributed by atoms with Crippen LogP contribution in [-0.2, 0) is 13.0 Å². The van der Waals surface area contributed by atoms with Crippen LogP contribution in [0, 0.1) is 0 Å². The van der Waals surface area contributed by atoms with E-state index >= 15 is 0 Å². The number of hydrogen-bond donors (Lipinski definition) is 2. The maximum Gasteiger partial charge on any atom is 0.226 e. The van der Waals surface area contributed by atoms with Crippen LogP contribution in [0.15, 0.2) is 65.4 Å². The van der Waals surface area contributed by atoms with Gasteiger partial charge < -0.3 is 19.8 Å². The van der Waals surface area contributed by atoms with E-state index in [9.17, 15) is 5.11 Å². The minimum absolute atomic E-state index is 0.224. The molecule has 126 valence electrons. The van der Waals surface area contributed by atoms with Gasteiger partial charge in [-0.2, -0.15) is 0 Å². The molecule has 0 saturated heterocycles. The van der Waals surface area contributed by atoms with E-state index in [-0.39, 0.29) is 5.75 Å². The number of nitrogens with two attached hydrogens (primary N) is 1. The third kappa shape index (κ3) is 3.02. The van der Waals surface area contributed by atoms with Crippen molar-refractivity contribution in [1.29, 1.82) is 0 Å². The summed E-state index contributed by atoms with van der Waals surface area (Å²) in [6, 6.07) is 15.1. The van der Waals surface area contributed by atoms with E-state index in [1.165, 1.54) is 16.5 Å². The summed E-state index contributed by atoms with van der Waals surface area (Å²) in [6.07, 6.45) is 4.68. The second kappa shape index (κ2) is 6.45. The van der Waals surface area contributed by atoms with E-state index in [1.807, 2.05) is 12.1 Å². The second-order valence-corrected chi connectivity index (χ2v) is 6.03. The van der Waals surface area contributed by atoms with Gasteiger partial charge in [0.15, 0.2) is 0 Å². The lowest BCUT2D eigenvalue weighted by Crippen LogP contribution is -2.02. The summed E-state index contributed by atoms with van der Waals surface area (Å²) in [4.78, 5) is 4.57. The predicted molar refractivity (Wildman–Crippen MR) is 97.4 cm³/mol. The summed E-state index contributed by atoms with van der Waals surface area (Å²) in [7, 11) is 0. The number of fused-ring (bicyclic) bond motifs is 1. The topological polar surface area (TPSA) is 77.2 Å². The largest absolute Gasteiger partial charge is 0.508 e. The standard InChI is InChI=1S/C20H19N3O2/c21-10-9-15-11-23(19-4-2-1-3-18(15)19)12-16-13-25-20(22-16)14-5-7-17(24)8-6-14/h1-8,11,13,24H,9-10,12,21H2. The van der Waals surface area contributed by atoms with Crippen LogP contribution < -0.4 is 5.73 Å². The van der Waals surface area contributed by atoms with Crippen molar-refractivity contribution in [2.75, 3.05) is 6.54 Å². The number of aromatic nitrogens is 2. The predicted octanol–water partition coefficient (Wildman–Crippen LogP) is 3.55. The Labute approximate surface area is 145 Å². The van der Waals surface area contributed by atoms with Gasteiger partial charge in [0, 0.05) is 22.7 Å². The van der Waals surface area contributed by atoms with Gasteiger partial charge in [-0.25, -0.2) is 4.98 Å². The lowest BCUT2D eigenvalue weighted by molar-refractivity contribution is 0.475. The van der Waals surface area contributed by atoms with Gasteiger partial charge in [-0.1, -0.05) is 18.2 Å². The van der Waals surface area contributed by atoms with Gasteiger partial charge in [-0.15, -0.1) is 0 Å². The van der Waals surface area contributed by atoms with Crippen molar-refractivity contribution in [2.24, 2.45) is 5.73 Å². The van der Waals surface area contributed by atoms with Gasteiger partial charge in [0.1, 0.15) is 12.0 Å². The van der Waals surface area contributed by atoms with Crippen LogP contribution >= 0.6 is 0 Å². The van der Waals surface area contributed by atoms with Gasteiger partial charge in [0.25, 0.3) is 0 Å². The maximum absolute atomic E-state index is 9.39. The zero-order valence-electron chi connectivity index (χ0n) is 13.7. The third-order valence-corrected chi connectivity index (χ3v) is 4.28. The minimum Gasteiger partial charge on any atom is -0.508 e. The normalized spacial score (nSPS) is 11.2. The molecule has 25 heavy (non-hydrogen) atoms. The van der Waals surface area contributed by atoms with Gasteiger partial charge in [0.05, 0.1) is 12.2 Å². The van der Waals surface area contributed by atoms with Crippen molar-refractivity contribution in [2.45, 2.75) is 13.0 Å². The first-order valence-corrected chi connectivity index (χ1v) is 8.25. The fourth-order valence-corrected chi connectivity index (χ4v) is 3.10. The van der Waals surface area contributed by atoms with E-state index in [4.69, 9.17) is 10.2 Å². The molecule has 0 aliphatic heterocycles. The molecule has 3 N–H and O–H groups in total. The van der Waals surface area contributed by atoms with Crippen molar-refractivity contribution >= 4 is 10.9 Å².